The molecule has 2 heterocycles. The van der Waals surface area contributed by atoms with Crippen molar-refractivity contribution in [1.29, 1.82) is 0 Å². The van der Waals surface area contributed by atoms with Crippen LogP contribution in [0.25, 0.3) is 0 Å². The molecule has 2 aliphatic rings. The van der Waals surface area contributed by atoms with Gasteiger partial charge in [0.2, 0.25) is 0 Å². The van der Waals surface area contributed by atoms with Crippen LogP contribution in [0.3, 0.4) is 0 Å². The maximum Gasteiger partial charge on any atom is 0.264 e. The molecule has 0 aliphatic carbocycles. The van der Waals surface area contributed by atoms with Crippen molar-refractivity contribution in [1.82, 2.24) is 0 Å². The summed E-state index contributed by atoms with van der Waals surface area (Å²) in [5, 5.41) is 2.79. The van der Waals surface area contributed by atoms with Crippen LogP contribution in [0.1, 0.15) is 15.9 Å². The summed E-state index contributed by atoms with van der Waals surface area (Å²) in [6, 6.07) is 18.7. The largest absolute Gasteiger partial charge is 0.486 e. The quantitative estimate of drug-likeness (QED) is 0.677. The van der Waals surface area contributed by atoms with E-state index in [0.29, 0.717) is 49.1 Å². The zero-order chi connectivity index (χ0) is 21.4. The molecule has 2 aliphatic heterocycles. The lowest BCUT2D eigenvalue weighted by Crippen LogP contribution is -2.29. The Labute approximate surface area is 180 Å². The van der Waals surface area contributed by atoms with Crippen molar-refractivity contribution in [3.05, 3.63) is 77.9 Å². The Morgan fingerprint density at radius 1 is 0.903 bits per heavy atom. The van der Waals surface area contributed by atoms with Crippen LogP contribution in [0.15, 0.2) is 71.6 Å². The monoisotopic (exact) mass is 436 g/mol. The average Bonchev–Trinajstić information content (AvgIpc) is 3.24. The number of amides is 1. The van der Waals surface area contributed by atoms with Gasteiger partial charge in [0.05, 0.1) is 10.6 Å². The van der Waals surface area contributed by atoms with Crippen molar-refractivity contribution < 1.29 is 22.7 Å². The summed E-state index contributed by atoms with van der Waals surface area (Å²) in [6.07, 6.45) is 0.666. The zero-order valence-corrected chi connectivity index (χ0v) is 17.4. The van der Waals surface area contributed by atoms with Gasteiger partial charge in [0.15, 0.2) is 11.5 Å². The standard InChI is InChI=1S/C23H20N2O5S/c26-23(24-18-8-9-21-22(15-18)30-13-12-29-21)17-5-3-6-19(14-17)31(27,28)25-11-10-16-4-1-2-7-20(16)25/h1-9,14-15H,10-13H2,(H,24,26). The fourth-order valence-electron chi connectivity index (χ4n) is 3.81. The van der Waals surface area contributed by atoms with E-state index in [0.717, 1.165) is 5.56 Å². The van der Waals surface area contributed by atoms with E-state index >= 15 is 0 Å². The van der Waals surface area contributed by atoms with E-state index in [1.165, 1.54) is 16.4 Å². The molecule has 0 atom stereocenters. The maximum atomic E-state index is 13.3. The van der Waals surface area contributed by atoms with Gasteiger partial charge < -0.3 is 14.8 Å². The molecule has 5 rings (SSSR count). The molecular weight excluding hydrogens is 416 g/mol. The zero-order valence-electron chi connectivity index (χ0n) is 16.6. The van der Waals surface area contributed by atoms with Gasteiger partial charge in [0, 0.05) is 23.9 Å². The molecule has 3 aromatic rings. The predicted octanol–water partition coefficient (Wildman–Crippen LogP) is 3.46. The Kier molecular flexibility index (Phi) is 4.78. The second-order valence-corrected chi connectivity index (χ2v) is 9.16. The molecule has 0 bridgehead atoms. The van der Waals surface area contributed by atoms with Gasteiger partial charge in [0.1, 0.15) is 13.2 Å². The van der Waals surface area contributed by atoms with E-state index in [4.69, 9.17) is 9.47 Å². The van der Waals surface area contributed by atoms with Crippen LogP contribution in [0.5, 0.6) is 11.5 Å². The summed E-state index contributed by atoms with van der Waals surface area (Å²) >= 11 is 0. The first-order valence-electron chi connectivity index (χ1n) is 9.94. The Bertz CT molecular complexity index is 1270. The van der Waals surface area contributed by atoms with Gasteiger partial charge in [-0.1, -0.05) is 24.3 Å². The van der Waals surface area contributed by atoms with Crippen molar-refractivity contribution in [2.45, 2.75) is 11.3 Å². The molecule has 31 heavy (non-hydrogen) atoms. The van der Waals surface area contributed by atoms with Crippen LogP contribution < -0.4 is 19.1 Å². The van der Waals surface area contributed by atoms with E-state index in [1.54, 1.807) is 36.4 Å². The smallest absolute Gasteiger partial charge is 0.264 e. The number of hydrogen-bond donors (Lipinski definition) is 1. The normalized spacial score (nSPS) is 14.8. The van der Waals surface area contributed by atoms with Crippen molar-refractivity contribution in [2.75, 3.05) is 29.4 Å². The minimum atomic E-state index is -3.78. The third kappa shape index (κ3) is 3.59. The van der Waals surface area contributed by atoms with Gasteiger partial charge in [-0.3, -0.25) is 9.10 Å². The molecule has 0 radical (unpaired) electrons. The first-order chi connectivity index (χ1) is 15.0. The summed E-state index contributed by atoms with van der Waals surface area (Å²) in [7, 11) is -3.78. The lowest BCUT2D eigenvalue weighted by atomic mass is 10.2. The molecule has 0 unspecified atom stereocenters. The molecule has 1 N–H and O–H groups in total. The Balaban J connectivity index is 1.39. The lowest BCUT2D eigenvalue weighted by Gasteiger charge is -2.20. The minimum absolute atomic E-state index is 0.0824. The number of nitrogens with one attached hydrogen (secondary N) is 1. The number of carbonyl (C=O) groups excluding carboxylic acids is 1. The fraction of sp³-hybridized carbons (Fsp3) is 0.174. The number of fused-ring (bicyclic) bond motifs is 2. The number of rotatable bonds is 4. The maximum absolute atomic E-state index is 13.3. The first-order valence-corrected chi connectivity index (χ1v) is 11.4. The van der Waals surface area contributed by atoms with Gasteiger partial charge in [-0.2, -0.15) is 0 Å². The van der Waals surface area contributed by atoms with Gasteiger partial charge in [-0.25, -0.2) is 8.42 Å². The summed E-state index contributed by atoms with van der Waals surface area (Å²) < 4.78 is 38.9. The van der Waals surface area contributed by atoms with Crippen LogP contribution in [-0.4, -0.2) is 34.1 Å². The number of hydrogen-bond acceptors (Lipinski definition) is 5. The number of sulfonamides is 1. The number of carbonyl (C=O) groups is 1. The van der Waals surface area contributed by atoms with Crippen LogP contribution in [0.2, 0.25) is 0 Å². The third-order valence-corrected chi connectivity index (χ3v) is 7.14. The molecule has 0 fully saturated rings. The third-order valence-electron chi connectivity index (χ3n) is 5.33. The molecule has 1 amide bonds. The summed E-state index contributed by atoms with van der Waals surface area (Å²) in [6.45, 7) is 1.32. The number of nitrogens with zero attached hydrogens (tertiary/aromatic N) is 1. The molecule has 0 saturated heterocycles. The highest BCUT2D eigenvalue weighted by atomic mass is 32.2. The number of para-hydroxylation sites is 1. The number of anilines is 2. The molecule has 0 spiro atoms. The van der Waals surface area contributed by atoms with Crippen LogP contribution in [-0.2, 0) is 16.4 Å². The lowest BCUT2D eigenvalue weighted by molar-refractivity contribution is 0.102. The molecule has 7 nitrogen and oxygen atoms in total. The molecule has 3 aromatic carbocycles. The Morgan fingerprint density at radius 2 is 1.71 bits per heavy atom. The second-order valence-electron chi connectivity index (χ2n) is 7.30. The summed E-state index contributed by atoms with van der Waals surface area (Å²) in [4.78, 5) is 12.9. The minimum Gasteiger partial charge on any atom is -0.486 e. The van der Waals surface area contributed by atoms with Crippen molar-refractivity contribution >= 4 is 27.3 Å². The van der Waals surface area contributed by atoms with E-state index in [1.807, 2.05) is 18.2 Å². The van der Waals surface area contributed by atoms with Gasteiger partial charge >= 0.3 is 0 Å². The van der Waals surface area contributed by atoms with Crippen LogP contribution >= 0.6 is 0 Å². The number of ether oxygens (including phenoxy) is 2. The predicted molar refractivity (Wildman–Crippen MR) is 117 cm³/mol. The number of benzene rings is 3. The average molecular weight is 436 g/mol. The van der Waals surface area contributed by atoms with Crippen LogP contribution in [0.4, 0.5) is 11.4 Å². The molecule has 158 valence electrons. The molecule has 8 heteroatoms. The molecule has 0 saturated carbocycles. The van der Waals surface area contributed by atoms with Crippen molar-refractivity contribution in [3.63, 3.8) is 0 Å². The molecule has 0 aromatic heterocycles. The summed E-state index contributed by atoms with van der Waals surface area (Å²) in [5.41, 5.74) is 2.48. The topological polar surface area (TPSA) is 84.9 Å². The molecular formula is C23H20N2O5S. The summed E-state index contributed by atoms with van der Waals surface area (Å²) in [5.74, 6) is 0.784. The highest BCUT2D eigenvalue weighted by molar-refractivity contribution is 7.92. The SMILES string of the molecule is O=C(Nc1ccc2c(c1)OCCO2)c1cccc(S(=O)(=O)N2CCc3ccccc32)c1. The highest BCUT2D eigenvalue weighted by Gasteiger charge is 2.31. The van der Waals surface area contributed by atoms with E-state index in [9.17, 15) is 13.2 Å². The van der Waals surface area contributed by atoms with E-state index in [2.05, 4.69) is 5.32 Å². The van der Waals surface area contributed by atoms with Crippen molar-refractivity contribution in [2.24, 2.45) is 0 Å². The second kappa shape index (κ2) is 7.63. The Morgan fingerprint density at radius 3 is 2.58 bits per heavy atom. The van der Waals surface area contributed by atoms with Gasteiger partial charge in [-0.05, 0) is 48.4 Å². The van der Waals surface area contributed by atoms with Crippen molar-refractivity contribution in [3.8, 4) is 11.5 Å². The highest BCUT2D eigenvalue weighted by Crippen LogP contribution is 2.34. The van der Waals surface area contributed by atoms with Gasteiger partial charge in [-0.15, -0.1) is 0 Å². The van der Waals surface area contributed by atoms with Gasteiger partial charge in [0.25, 0.3) is 15.9 Å². The van der Waals surface area contributed by atoms with E-state index < -0.39 is 15.9 Å². The fourth-order valence-corrected chi connectivity index (χ4v) is 5.36. The first kappa shape index (κ1) is 19.4. The van der Waals surface area contributed by atoms with Crippen LogP contribution in [0, 0.1) is 0 Å². The Hall–Kier alpha value is -3.52. The van der Waals surface area contributed by atoms with E-state index in [-0.39, 0.29) is 10.5 Å².